The van der Waals surface area contributed by atoms with E-state index in [9.17, 15) is 16.8 Å². The third kappa shape index (κ3) is 5.41. The van der Waals surface area contributed by atoms with Crippen molar-refractivity contribution >= 4 is 86.5 Å². The summed E-state index contributed by atoms with van der Waals surface area (Å²) in [4.78, 5) is -1.29. The van der Waals surface area contributed by atoms with E-state index in [-0.39, 0.29) is 21.2 Å². The van der Waals surface area contributed by atoms with E-state index in [0.29, 0.717) is 10.0 Å². The highest BCUT2D eigenvalue weighted by Crippen LogP contribution is 2.27. The summed E-state index contributed by atoms with van der Waals surface area (Å²) in [5.74, 6) is 0. The van der Waals surface area contributed by atoms with E-state index in [1.165, 1.54) is 60.7 Å². The highest BCUT2D eigenvalue weighted by molar-refractivity contribution is 9.12. The predicted octanol–water partition coefficient (Wildman–Crippen LogP) is 5.05. The zero-order valence-corrected chi connectivity index (χ0v) is 21.1. The second-order valence-electron chi connectivity index (χ2n) is 6.03. The van der Waals surface area contributed by atoms with Crippen LogP contribution in [0.2, 0.25) is 10.0 Å². The Balaban J connectivity index is 1.94. The van der Waals surface area contributed by atoms with Crippen molar-refractivity contribution in [1.29, 1.82) is 0 Å². The standard InChI is InChI=1S/C18H12Br2Cl2N2O4S2/c19-17-15(23-29(25,26)13-5-1-11(21)2-6-13)9-10-16(18(17)20)24-30(27,28)14-7-3-12(22)4-8-14/h1-10,17-18H. The molecule has 158 valence electrons. The minimum absolute atomic E-state index is 0.0107. The van der Waals surface area contributed by atoms with Crippen LogP contribution in [0.4, 0.5) is 0 Å². The molecule has 2 atom stereocenters. The number of hydrogen-bond donors (Lipinski definition) is 0. The Morgan fingerprint density at radius 2 is 0.933 bits per heavy atom. The summed E-state index contributed by atoms with van der Waals surface area (Å²) in [6, 6.07) is 11.2. The van der Waals surface area contributed by atoms with E-state index in [2.05, 4.69) is 40.7 Å². The highest BCUT2D eigenvalue weighted by atomic mass is 79.9. The number of sulfonamides is 2. The molecule has 12 heteroatoms. The fourth-order valence-corrected chi connectivity index (χ4v) is 6.06. The molecule has 30 heavy (non-hydrogen) atoms. The fraction of sp³-hybridized carbons (Fsp3) is 0.111. The van der Waals surface area contributed by atoms with Crippen molar-refractivity contribution in [2.24, 2.45) is 8.80 Å². The topological polar surface area (TPSA) is 93.0 Å². The van der Waals surface area contributed by atoms with Crippen molar-refractivity contribution < 1.29 is 16.8 Å². The lowest BCUT2D eigenvalue weighted by molar-refractivity contribution is 0.596. The maximum atomic E-state index is 12.5. The molecule has 0 aromatic heterocycles. The van der Waals surface area contributed by atoms with Crippen LogP contribution in [0.3, 0.4) is 0 Å². The number of benzene rings is 2. The molecule has 1 aliphatic rings. The summed E-state index contributed by atoms with van der Waals surface area (Å²) in [6.45, 7) is 0. The minimum atomic E-state index is -3.98. The first-order valence-electron chi connectivity index (χ1n) is 8.17. The predicted molar refractivity (Wildman–Crippen MR) is 127 cm³/mol. The van der Waals surface area contributed by atoms with Gasteiger partial charge in [-0.3, -0.25) is 0 Å². The SMILES string of the molecule is O=S(=O)(N=C1C=CC(=NS(=O)(=O)c2ccc(Cl)cc2)C(Br)C1Br)c1ccc(Cl)cc1. The molecule has 0 saturated heterocycles. The van der Waals surface area contributed by atoms with Crippen molar-refractivity contribution in [3.05, 3.63) is 70.7 Å². The number of allylic oxidation sites excluding steroid dienone is 2. The number of halogens is 4. The molecular formula is C18H12Br2Cl2N2O4S2. The minimum Gasteiger partial charge on any atom is -0.199 e. The van der Waals surface area contributed by atoms with E-state index in [4.69, 9.17) is 23.2 Å². The summed E-state index contributed by atoms with van der Waals surface area (Å²) in [7, 11) is -7.95. The molecule has 2 aromatic carbocycles. The van der Waals surface area contributed by atoms with Crippen LogP contribution >= 0.6 is 55.1 Å². The summed E-state index contributed by atoms with van der Waals surface area (Å²) in [5, 5.41) is 0.807. The van der Waals surface area contributed by atoms with Gasteiger partial charge in [-0.05, 0) is 60.7 Å². The maximum absolute atomic E-state index is 12.5. The molecule has 0 spiro atoms. The molecule has 2 unspecified atom stereocenters. The van der Waals surface area contributed by atoms with Crippen molar-refractivity contribution in [3.8, 4) is 0 Å². The van der Waals surface area contributed by atoms with Gasteiger partial charge in [0.2, 0.25) is 0 Å². The molecule has 0 amide bonds. The van der Waals surface area contributed by atoms with E-state index in [0.717, 1.165) is 0 Å². The summed E-state index contributed by atoms with van der Waals surface area (Å²) in [6.07, 6.45) is 2.81. The molecule has 0 heterocycles. The van der Waals surface area contributed by atoms with Crippen LogP contribution in [0.1, 0.15) is 0 Å². The summed E-state index contributed by atoms with van der Waals surface area (Å²) in [5.41, 5.74) is 0.379. The lowest BCUT2D eigenvalue weighted by Gasteiger charge is -2.21. The average Bonchev–Trinajstić information content (AvgIpc) is 2.68. The van der Waals surface area contributed by atoms with Crippen LogP contribution in [-0.4, -0.2) is 37.9 Å². The van der Waals surface area contributed by atoms with Gasteiger partial charge < -0.3 is 0 Å². The van der Waals surface area contributed by atoms with Gasteiger partial charge in [-0.2, -0.15) is 25.6 Å². The van der Waals surface area contributed by atoms with Crippen LogP contribution in [0.15, 0.2) is 79.3 Å². The number of hydrogen-bond acceptors (Lipinski definition) is 4. The average molecular weight is 615 g/mol. The van der Waals surface area contributed by atoms with Gasteiger partial charge in [0.1, 0.15) is 0 Å². The molecule has 0 bridgehead atoms. The van der Waals surface area contributed by atoms with Gasteiger partial charge in [0.25, 0.3) is 20.0 Å². The Kier molecular flexibility index (Phi) is 7.26. The first-order valence-corrected chi connectivity index (χ1v) is 13.6. The Morgan fingerprint density at radius 1 is 0.633 bits per heavy atom. The number of alkyl halides is 2. The molecule has 3 rings (SSSR count). The van der Waals surface area contributed by atoms with Crippen molar-refractivity contribution in [2.75, 3.05) is 0 Å². The van der Waals surface area contributed by atoms with Gasteiger partial charge >= 0.3 is 0 Å². The van der Waals surface area contributed by atoms with E-state index in [1.54, 1.807) is 0 Å². The normalized spacial score (nSPS) is 22.5. The van der Waals surface area contributed by atoms with Crippen LogP contribution in [0, 0.1) is 0 Å². The zero-order chi connectivity index (χ0) is 22.1. The van der Waals surface area contributed by atoms with Crippen LogP contribution in [0.5, 0.6) is 0 Å². The lowest BCUT2D eigenvalue weighted by Crippen LogP contribution is -2.34. The molecule has 2 aromatic rings. The highest BCUT2D eigenvalue weighted by Gasteiger charge is 2.31. The molecule has 0 radical (unpaired) electrons. The molecule has 6 nitrogen and oxygen atoms in total. The number of nitrogens with zero attached hydrogens (tertiary/aromatic N) is 2. The molecular weight excluding hydrogens is 603 g/mol. The van der Waals surface area contributed by atoms with Crippen LogP contribution in [-0.2, 0) is 20.0 Å². The summed E-state index contributed by atoms with van der Waals surface area (Å²) >= 11 is 18.3. The van der Waals surface area contributed by atoms with Gasteiger partial charge in [0, 0.05) is 10.0 Å². The van der Waals surface area contributed by atoms with Gasteiger partial charge in [-0.1, -0.05) is 55.1 Å². The van der Waals surface area contributed by atoms with Crippen molar-refractivity contribution in [3.63, 3.8) is 0 Å². The molecule has 0 fully saturated rings. The van der Waals surface area contributed by atoms with E-state index in [1.807, 2.05) is 0 Å². The maximum Gasteiger partial charge on any atom is 0.282 e. The summed E-state index contributed by atoms with van der Waals surface area (Å²) < 4.78 is 57.9. The monoisotopic (exact) mass is 612 g/mol. The molecule has 1 aliphatic carbocycles. The second-order valence-corrected chi connectivity index (χ2v) is 12.1. The van der Waals surface area contributed by atoms with Gasteiger partial charge in [-0.25, -0.2) is 0 Å². The Hall–Kier alpha value is -1.04. The molecule has 0 saturated carbocycles. The molecule has 0 N–H and O–H groups in total. The zero-order valence-electron chi connectivity index (χ0n) is 14.8. The smallest absolute Gasteiger partial charge is 0.199 e. The Morgan fingerprint density at radius 3 is 1.23 bits per heavy atom. The quantitative estimate of drug-likeness (QED) is 0.451. The van der Waals surface area contributed by atoms with Crippen LogP contribution in [0.25, 0.3) is 0 Å². The second kappa shape index (κ2) is 9.22. The molecule has 0 aliphatic heterocycles. The number of rotatable bonds is 4. The van der Waals surface area contributed by atoms with Gasteiger partial charge in [-0.15, -0.1) is 0 Å². The van der Waals surface area contributed by atoms with Crippen LogP contribution < -0.4 is 0 Å². The third-order valence-electron chi connectivity index (χ3n) is 3.92. The fourth-order valence-electron chi connectivity index (χ4n) is 2.41. The Bertz CT molecular complexity index is 1160. The lowest BCUT2D eigenvalue weighted by atomic mass is 10.0. The van der Waals surface area contributed by atoms with E-state index >= 15 is 0 Å². The van der Waals surface area contributed by atoms with Crippen molar-refractivity contribution in [1.82, 2.24) is 0 Å². The van der Waals surface area contributed by atoms with Gasteiger partial charge in [0.05, 0.1) is 30.9 Å². The first-order chi connectivity index (χ1) is 14.0. The Labute approximate surface area is 201 Å². The third-order valence-corrected chi connectivity index (χ3v) is 9.77. The van der Waals surface area contributed by atoms with Crippen molar-refractivity contribution in [2.45, 2.75) is 19.4 Å². The van der Waals surface area contributed by atoms with E-state index < -0.39 is 29.7 Å². The van der Waals surface area contributed by atoms with Gasteiger partial charge in [0.15, 0.2) is 0 Å². The largest absolute Gasteiger partial charge is 0.282 e. The first kappa shape index (κ1) is 23.6.